The van der Waals surface area contributed by atoms with Gasteiger partial charge in [-0.3, -0.25) is 9.59 Å². The van der Waals surface area contributed by atoms with Gasteiger partial charge in [0.1, 0.15) is 5.75 Å². The number of thioether (sulfide) groups is 1. The highest BCUT2D eigenvalue weighted by atomic mass is 32.2. The number of hydrogen-bond donors (Lipinski definition) is 3. The van der Waals surface area contributed by atoms with E-state index in [1.165, 1.54) is 30.0 Å². The number of rotatable bonds is 8. The first-order valence-corrected chi connectivity index (χ1v) is 10.8. The number of carboxylic acid groups (broad SMARTS) is 1. The summed E-state index contributed by atoms with van der Waals surface area (Å²) < 4.78 is 6.12. The van der Waals surface area contributed by atoms with Gasteiger partial charge in [-0.15, -0.1) is 11.8 Å². The first-order valence-electron chi connectivity index (χ1n) is 9.04. The molecule has 0 aliphatic heterocycles. The van der Waals surface area contributed by atoms with Crippen LogP contribution in [0.4, 0.5) is 10.8 Å². The number of aliphatic carboxylic acids is 1. The summed E-state index contributed by atoms with van der Waals surface area (Å²) in [5, 5.41) is 14.7. The molecule has 0 unspecified atom stereocenters. The fraction of sp³-hybridized carbons (Fsp3) is 0.143. The smallest absolute Gasteiger partial charge is 0.331 e. The highest BCUT2D eigenvalue weighted by Crippen LogP contribution is 2.29. The van der Waals surface area contributed by atoms with Gasteiger partial charge in [-0.25, -0.2) is 9.78 Å². The van der Waals surface area contributed by atoms with Crippen LogP contribution in [0.2, 0.25) is 0 Å². The average molecular weight is 458 g/mol. The van der Waals surface area contributed by atoms with Crippen LogP contribution in [0.15, 0.2) is 59.0 Å². The molecule has 3 N–H and O–H groups in total. The van der Waals surface area contributed by atoms with Crippen molar-refractivity contribution in [3.8, 4) is 5.75 Å². The van der Waals surface area contributed by atoms with Crippen LogP contribution >= 0.6 is 23.1 Å². The molecule has 3 rings (SSSR count). The Bertz CT molecular complexity index is 1160. The van der Waals surface area contributed by atoms with Crippen LogP contribution in [0, 0.1) is 0 Å². The number of anilines is 2. The molecule has 8 nitrogen and oxygen atoms in total. The largest absolute Gasteiger partial charge is 0.497 e. The minimum Gasteiger partial charge on any atom is -0.497 e. The third kappa shape index (κ3) is 6.30. The van der Waals surface area contributed by atoms with Gasteiger partial charge in [-0.1, -0.05) is 11.3 Å². The van der Waals surface area contributed by atoms with E-state index in [0.717, 1.165) is 26.9 Å². The monoisotopic (exact) mass is 457 g/mol. The Morgan fingerprint density at radius 3 is 2.58 bits per heavy atom. The van der Waals surface area contributed by atoms with Gasteiger partial charge in [-0.2, -0.15) is 0 Å². The van der Waals surface area contributed by atoms with Gasteiger partial charge in [0.25, 0.3) is 0 Å². The molecule has 0 atom stereocenters. The fourth-order valence-corrected chi connectivity index (χ4v) is 4.07. The van der Waals surface area contributed by atoms with Crippen LogP contribution in [-0.2, 0) is 14.4 Å². The summed E-state index contributed by atoms with van der Waals surface area (Å²) in [6.07, 6.45) is 1.02. The zero-order valence-corrected chi connectivity index (χ0v) is 18.3. The molecule has 160 valence electrons. The number of nitrogens with one attached hydrogen (secondary N) is 2. The summed E-state index contributed by atoms with van der Waals surface area (Å²) in [6, 6.07) is 12.4. The number of hydrogen-bond acceptors (Lipinski definition) is 7. The van der Waals surface area contributed by atoms with E-state index in [2.05, 4.69) is 15.6 Å². The first kappa shape index (κ1) is 22.3. The summed E-state index contributed by atoms with van der Waals surface area (Å²) in [5.41, 5.74) is 1.26. The lowest BCUT2D eigenvalue weighted by molar-refractivity contribution is -0.132. The Morgan fingerprint density at radius 1 is 1.16 bits per heavy atom. The molecule has 0 aliphatic carbocycles. The van der Waals surface area contributed by atoms with Crippen LogP contribution < -0.4 is 15.4 Å². The van der Waals surface area contributed by atoms with Crippen molar-refractivity contribution < 1.29 is 24.2 Å². The predicted molar refractivity (Wildman–Crippen MR) is 122 cm³/mol. The Morgan fingerprint density at radius 2 is 1.90 bits per heavy atom. The van der Waals surface area contributed by atoms with Gasteiger partial charge in [0.2, 0.25) is 11.8 Å². The molecule has 0 fully saturated rings. The van der Waals surface area contributed by atoms with Gasteiger partial charge in [0.05, 0.1) is 23.1 Å². The van der Waals surface area contributed by atoms with Crippen molar-refractivity contribution in [2.45, 2.75) is 11.8 Å². The predicted octanol–water partition coefficient (Wildman–Crippen LogP) is 4.01. The maximum atomic E-state index is 12.3. The highest BCUT2D eigenvalue weighted by Gasteiger charge is 2.10. The number of carbonyl (C=O) groups excluding carboxylic acids is 2. The van der Waals surface area contributed by atoms with Crippen LogP contribution in [0.5, 0.6) is 5.75 Å². The summed E-state index contributed by atoms with van der Waals surface area (Å²) in [6.45, 7) is 1.35. The number of carboxylic acids is 1. The van der Waals surface area contributed by atoms with Crippen molar-refractivity contribution in [2.24, 2.45) is 0 Å². The maximum Gasteiger partial charge on any atom is 0.331 e. The van der Waals surface area contributed by atoms with Crippen molar-refractivity contribution in [3.05, 3.63) is 54.1 Å². The quantitative estimate of drug-likeness (QED) is 0.346. The topological polar surface area (TPSA) is 118 Å². The molecule has 3 aromatic rings. The molecular formula is C21H19N3O5S2. The second-order valence-electron chi connectivity index (χ2n) is 6.34. The minimum atomic E-state index is -1.15. The summed E-state index contributed by atoms with van der Waals surface area (Å²) in [7, 11) is 1.60. The molecule has 1 heterocycles. The van der Waals surface area contributed by atoms with Crippen molar-refractivity contribution in [1.29, 1.82) is 0 Å². The zero-order chi connectivity index (χ0) is 22.4. The Hall–Kier alpha value is -3.37. The number of aromatic nitrogens is 1. The second-order valence-corrected chi connectivity index (χ2v) is 8.42. The van der Waals surface area contributed by atoms with Gasteiger partial charge < -0.3 is 20.5 Å². The summed E-state index contributed by atoms with van der Waals surface area (Å²) in [5.74, 6) is -0.912. The lowest BCUT2D eigenvalue weighted by atomic mass is 10.2. The van der Waals surface area contributed by atoms with Gasteiger partial charge in [0, 0.05) is 22.2 Å². The molecular weight excluding hydrogens is 438 g/mol. The number of ether oxygens (including phenoxy) is 1. The molecule has 10 heteroatoms. The molecule has 0 saturated carbocycles. The number of nitrogens with zero attached hydrogens (tertiary/aromatic N) is 1. The average Bonchev–Trinajstić information content (AvgIpc) is 3.14. The van der Waals surface area contributed by atoms with Crippen LogP contribution in [0.25, 0.3) is 10.2 Å². The normalized spacial score (nSPS) is 11.2. The Balaban J connectivity index is 1.51. The molecule has 2 amide bonds. The van der Waals surface area contributed by atoms with Crippen molar-refractivity contribution in [1.82, 2.24) is 4.98 Å². The third-order valence-corrected chi connectivity index (χ3v) is 5.96. The number of benzene rings is 2. The minimum absolute atomic E-state index is 0.0528. The first-order chi connectivity index (χ1) is 14.8. The zero-order valence-electron chi connectivity index (χ0n) is 16.7. The Labute approximate surface area is 186 Å². The van der Waals surface area contributed by atoms with E-state index in [1.54, 1.807) is 31.4 Å². The molecule has 31 heavy (non-hydrogen) atoms. The number of methoxy groups -OCH3 is 1. The number of thiazole rings is 1. The molecule has 0 saturated heterocycles. The van der Waals surface area contributed by atoms with E-state index < -0.39 is 11.9 Å². The van der Waals surface area contributed by atoms with Gasteiger partial charge in [-0.05, 0) is 49.4 Å². The van der Waals surface area contributed by atoms with Crippen molar-refractivity contribution in [3.63, 3.8) is 0 Å². The van der Waals surface area contributed by atoms with E-state index in [-0.39, 0.29) is 17.2 Å². The second kappa shape index (κ2) is 10.1. The molecule has 0 bridgehead atoms. The van der Waals surface area contributed by atoms with Crippen molar-refractivity contribution >= 4 is 61.9 Å². The van der Waals surface area contributed by atoms with Crippen molar-refractivity contribution in [2.75, 3.05) is 23.5 Å². The van der Waals surface area contributed by atoms with E-state index in [4.69, 9.17) is 9.84 Å². The van der Waals surface area contributed by atoms with Gasteiger partial charge in [0.15, 0.2) is 5.13 Å². The standard InChI is InChI=1S/C21H19N3O5S2/c1-12(20(27)28)9-18(25)22-13-3-6-15(7-4-13)30-11-19(26)24-21-23-16-8-5-14(29-2)10-17(16)31-21/h3-10H,11H2,1-2H3,(H,22,25)(H,27,28)(H,23,24,26)/b12-9+. The summed E-state index contributed by atoms with van der Waals surface area (Å²) in [4.78, 5) is 40.0. The third-order valence-electron chi connectivity index (χ3n) is 4.02. The molecule has 0 radical (unpaired) electrons. The van der Waals surface area contributed by atoms with Gasteiger partial charge >= 0.3 is 5.97 Å². The summed E-state index contributed by atoms with van der Waals surface area (Å²) >= 11 is 2.72. The number of amides is 2. The van der Waals surface area contributed by atoms with Crippen LogP contribution in [0.3, 0.4) is 0 Å². The lowest BCUT2D eigenvalue weighted by Gasteiger charge is -2.05. The number of carbonyl (C=O) groups is 3. The van der Waals surface area contributed by atoms with Crippen LogP contribution in [0.1, 0.15) is 6.92 Å². The maximum absolute atomic E-state index is 12.3. The fourth-order valence-electron chi connectivity index (χ4n) is 2.46. The highest BCUT2D eigenvalue weighted by molar-refractivity contribution is 8.00. The van der Waals surface area contributed by atoms with E-state index in [1.807, 2.05) is 18.2 Å². The molecule has 0 aliphatic rings. The van der Waals surface area contributed by atoms with E-state index in [9.17, 15) is 14.4 Å². The van der Waals surface area contributed by atoms with Crippen LogP contribution in [-0.4, -0.2) is 40.7 Å². The molecule has 1 aromatic heterocycles. The molecule has 0 spiro atoms. The lowest BCUT2D eigenvalue weighted by Crippen LogP contribution is -2.13. The SMILES string of the molecule is COc1ccc2nc(NC(=O)CSc3ccc(NC(=O)/C=C(\C)C(=O)O)cc3)sc2c1. The molecule has 2 aromatic carbocycles. The van der Waals surface area contributed by atoms with E-state index >= 15 is 0 Å². The van der Waals surface area contributed by atoms with E-state index in [0.29, 0.717) is 10.8 Å². The Kier molecular flexibility index (Phi) is 7.27. The number of fused-ring (bicyclic) bond motifs is 1.